The third-order valence-corrected chi connectivity index (χ3v) is 4.37. The van der Waals surface area contributed by atoms with E-state index in [-0.39, 0.29) is 17.8 Å². The highest BCUT2D eigenvalue weighted by Gasteiger charge is 2.17. The molecule has 0 aliphatic carbocycles. The van der Waals surface area contributed by atoms with Crippen LogP contribution in [-0.2, 0) is 14.3 Å². The predicted octanol–water partition coefficient (Wildman–Crippen LogP) is 3.94. The van der Waals surface area contributed by atoms with Crippen LogP contribution < -0.4 is 10.1 Å². The molecule has 0 fully saturated rings. The molecule has 2 aromatic carbocycles. The van der Waals surface area contributed by atoms with Crippen LogP contribution in [0.4, 0.5) is 5.69 Å². The molecule has 1 N–H and O–H groups in total. The average Bonchev–Trinajstić information content (AvgIpc) is 2.72. The molecule has 0 spiro atoms. The zero-order valence-electron chi connectivity index (χ0n) is 16.7. The summed E-state index contributed by atoms with van der Waals surface area (Å²) in [7, 11) is 1.39. The fraction of sp³-hybridized carbons (Fsp3) is 0.364. The molecule has 0 aliphatic rings. The van der Waals surface area contributed by atoms with Crippen LogP contribution in [0.5, 0.6) is 11.5 Å². The molecule has 1 amide bonds. The van der Waals surface area contributed by atoms with Gasteiger partial charge in [-0.25, -0.2) is 0 Å². The summed E-state index contributed by atoms with van der Waals surface area (Å²) in [6.45, 7) is 5.70. The largest absolute Gasteiger partial charge is 0.469 e. The summed E-state index contributed by atoms with van der Waals surface area (Å²) < 4.78 is 10.6. The number of carbonyl (C=O) groups excluding carboxylic acids is 2. The van der Waals surface area contributed by atoms with Gasteiger partial charge in [0, 0.05) is 19.5 Å². The second kappa shape index (κ2) is 11.1. The van der Waals surface area contributed by atoms with Crippen molar-refractivity contribution < 1.29 is 19.1 Å². The van der Waals surface area contributed by atoms with Crippen LogP contribution in [0.25, 0.3) is 0 Å². The van der Waals surface area contributed by atoms with Crippen molar-refractivity contribution in [3.63, 3.8) is 0 Å². The van der Waals surface area contributed by atoms with Crippen LogP contribution in [0.15, 0.2) is 54.6 Å². The van der Waals surface area contributed by atoms with E-state index in [0.717, 1.165) is 6.54 Å². The quantitative estimate of drug-likeness (QED) is 0.629. The molecular formula is C22H28N2O4. The first-order valence-corrected chi connectivity index (χ1v) is 9.45. The molecule has 1 atom stereocenters. The number of amides is 1. The van der Waals surface area contributed by atoms with Crippen molar-refractivity contribution in [3.05, 3.63) is 54.6 Å². The van der Waals surface area contributed by atoms with Crippen molar-refractivity contribution in [2.75, 3.05) is 32.1 Å². The van der Waals surface area contributed by atoms with E-state index in [9.17, 15) is 9.59 Å². The first kappa shape index (κ1) is 21.4. The molecule has 1 unspecified atom stereocenters. The molecule has 0 radical (unpaired) electrons. The molecule has 0 aromatic heterocycles. The van der Waals surface area contributed by atoms with Gasteiger partial charge < -0.3 is 19.7 Å². The van der Waals surface area contributed by atoms with Gasteiger partial charge in [0.25, 0.3) is 0 Å². The average molecular weight is 384 g/mol. The Bertz CT molecular complexity index is 764. The van der Waals surface area contributed by atoms with E-state index < -0.39 is 0 Å². The Kier molecular flexibility index (Phi) is 8.49. The van der Waals surface area contributed by atoms with Gasteiger partial charge in [0.1, 0.15) is 5.75 Å². The van der Waals surface area contributed by atoms with E-state index in [1.165, 1.54) is 7.11 Å². The van der Waals surface area contributed by atoms with Crippen LogP contribution in [0.2, 0.25) is 0 Å². The Labute approximate surface area is 166 Å². The molecule has 0 heterocycles. The fourth-order valence-electron chi connectivity index (χ4n) is 2.79. The van der Waals surface area contributed by atoms with Crippen molar-refractivity contribution in [3.8, 4) is 11.5 Å². The van der Waals surface area contributed by atoms with Gasteiger partial charge in [-0.1, -0.05) is 44.2 Å². The summed E-state index contributed by atoms with van der Waals surface area (Å²) in [6, 6.07) is 16.8. The Hall–Kier alpha value is -2.86. The summed E-state index contributed by atoms with van der Waals surface area (Å²) >= 11 is 0. The number of hydrogen-bond acceptors (Lipinski definition) is 5. The SMILES string of the molecule is CCN(CCC(=O)Nc1ccccc1Oc1ccccc1)CC(C)C(=O)OC. The van der Waals surface area contributed by atoms with Gasteiger partial charge in [-0.15, -0.1) is 0 Å². The van der Waals surface area contributed by atoms with Crippen molar-refractivity contribution in [1.82, 2.24) is 4.90 Å². The lowest BCUT2D eigenvalue weighted by Gasteiger charge is -2.23. The summed E-state index contributed by atoms with van der Waals surface area (Å²) in [5.74, 6) is 0.725. The third kappa shape index (κ3) is 6.70. The Morgan fingerprint density at radius 3 is 2.43 bits per heavy atom. The van der Waals surface area contributed by atoms with E-state index >= 15 is 0 Å². The van der Waals surface area contributed by atoms with Crippen LogP contribution in [0, 0.1) is 5.92 Å². The van der Waals surface area contributed by atoms with E-state index in [1.807, 2.05) is 68.4 Å². The smallest absolute Gasteiger partial charge is 0.309 e. The second-order valence-electron chi connectivity index (χ2n) is 6.53. The molecule has 2 rings (SSSR count). The van der Waals surface area contributed by atoms with Gasteiger partial charge >= 0.3 is 5.97 Å². The topological polar surface area (TPSA) is 67.9 Å². The molecule has 6 heteroatoms. The van der Waals surface area contributed by atoms with E-state index in [0.29, 0.717) is 36.7 Å². The number of ether oxygens (including phenoxy) is 2. The number of anilines is 1. The number of nitrogens with zero attached hydrogens (tertiary/aromatic N) is 1. The van der Waals surface area contributed by atoms with Gasteiger partial charge in [-0.2, -0.15) is 0 Å². The molecule has 2 aromatic rings. The first-order valence-electron chi connectivity index (χ1n) is 9.45. The van der Waals surface area contributed by atoms with E-state index in [1.54, 1.807) is 0 Å². The third-order valence-electron chi connectivity index (χ3n) is 4.37. The van der Waals surface area contributed by atoms with Crippen molar-refractivity contribution in [2.24, 2.45) is 5.92 Å². The number of carbonyl (C=O) groups is 2. The lowest BCUT2D eigenvalue weighted by Crippen LogP contribution is -2.34. The molecule has 6 nitrogen and oxygen atoms in total. The van der Waals surface area contributed by atoms with Crippen molar-refractivity contribution in [2.45, 2.75) is 20.3 Å². The molecule has 150 valence electrons. The van der Waals surface area contributed by atoms with E-state index in [4.69, 9.17) is 9.47 Å². The Balaban J connectivity index is 1.91. The molecule has 0 saturated carbocycles. The second-order valence-corrected chi connectivity index (χ2v) is 6.53. The summed E-state index contributed by atoms with van der Waals surface area (Å²) in [5, 5.41) is 2.92. The van der Waals surface area contributed by atoms with Crippen LogP contribution in [0.3, 0.4) is 0 Å². The maximum Gasteiger partial charge on any atom is 0.309 e. The lowest BCUT2D eigenvalue weighted by molar-refractivity contribution is -0.145. The van der Waals surface area contributed by atoms with Gasteiger partial charge in [-0.05, 0) is 30.8 Å². The van der Waals surface area contributed by atoms with E-state index in [2.05, 4.69) is 10.2 Å². The Morgan fingerprint density at radius 2 is 1.75 bits per heavy atom. The molecule has 0 bridgehead atoms. The summed E-state index contributed by atoms with van der Waals surface area (Å²) in [5.41, 5.74) is 0.627. The molecule has 0 saturated heterocycles. The number of methoxy groups -OCH3 is 1. The normalized spacial score (nSPS) is 11.7. The highest BCUT2D eigenvalue weighted by atomic mass is 16.5. The Morgan fingerprint density at radius 1 is 1.07 bits per heavy atom. The van der Waals surface area contributed by atoms with Crippen molar-refractivity contribution >= 4 is 17.6 Å². The number of para-hydroxylation sites is 3. The number of benzene rings is 2. The maximum atomic E-state index is 12.4. The molecule has 0 aliphatic heterocycles. The molecule has 28 heavy (non-hydrogen) atoms. The van der Waals surface area contributed by atoms with Crippen LogP contribution >= 0.6 is 0 Å². The monoisotopic (exact) mass is 384 g/mol. The highest BCUT2D eigenvalue weighted by Crippen LogP contribution is 2.29. The van der Waals surface area contributed by atoms with Crippen molar-refractivity contribution in [1.29, 1.82) is 0 Å². The van der Waals surface area contributed by atoms with Gasteiger partial charge in [-0.3, -0.25) is 9.59 Å². The summed E-state index contributed by atoms with van der Waals surface area (Å²) in [4.78, 5) is 26.1. The van der Waals surface area contributed by atoms with Gasteiger partial charge in [0.2, 0.25) is 5.91 Å². The predicted molar refractivity (Wildman–Crippen MR) is 109 cm³/mol. The number of nitrogens with one attached hydrogen (secondary N) is 1. The fourth-order valence-corrected chi connectivity index (χ4v) is 2.79. The zero-order chi connectivity index (χ0) is 20.4. The minimum absolute atomic E-state index is 0.103. The van der Waals surface area contributed by atoms with Gasteiger partial charge in [0.15, 0.2) is 5.75 Å². The van der Waals surface area contributed by atoms with Crippen LogP contribution in [0.1, 0.15) is 20.3 Å². The standard InChI is InChI=1S/C22H28N2O4/c1-4-24(16-17(2)22(26)27-3)15-14-21(25)23-19-12-8-9-13-20(19)28-18-10-6-5-7-11-18/h5-13,17H,4,14-16H2,1-3H3,(H,23,25). The first-order chi connectivity index (χ1) is 13.5. The maximum absolute atomic E-state index is 12.4. The minimum atomic E-state index is -0.241. The number of hydrogen-bond donors (Lipinski definition) is 1. The van der Waals surface area contributed by atoms with Gasteiger partial charge in [0.05, 0.1) is 18.7 Å². The summed E-state index contributed by atoms with van der Waals surface area (Å²) in [6.07, 6.45) is 0.321. The zero-order valence-corrected chi connectivity index (χ0v) is 16.7. The van der Waals surface area contributed by atoms with Crippen LogP contribution in [-0.4, -0.2) is 43.5 Å². The number of rotatable bonds is 10. The molecular weight excluding hydrogens is 356 g/mol. The highest BCUT2D eigenvalue weighted by molar-refractivity contribution is 5.92. The minimum Gasteiger partial charge on any atom is -0.469 e. The number of esters is 1. The lowest BCUT2D eigenvalue weighted by atomic mass is 10.1.